The largest absolute Gasteiger partial charge is 0.368 e. The normalized spacial score (nSPS) is 30.9. The van der Waals surface area contributed by atoms with Crippen LogP contribution in [0.2, 0.25) is 0 Å². The summed E-state index contributed by atoms with van der Waals surface area (Å²) in [5.74, 6) is 0.169. The fourth-order valence-electron chi connectivity index (χ4n) is 3.00. The Hall–Kier alpha value is -0.660. The van der Waals surface area contributed by atoms with Crippen LogP contribution < -0.4 is 4.72 Å². The quantitative estimate of drug-likeness (QED) is 0.820. The molecular weight excluding hydrogens is 280 g/mol. The van der Waals surface area contributed by atoms with Crippen molar-refractivity contribution in [3.05, 3.63) is 0 Å². The van der Waals surface area contributed by atoms with Gasteiger partial charge < -0.3 is 9.64 Å². The summed E-state index contributed by atoms with van der Waals surface area (Å²) in [6, 6.07) is 0. The number of amides is 1. The van der Waals surface area contributed by atoms with Crippen LogP contribution in [0.1, 0.15) is 39.5 Å². The molecule has 2 rings (SSSR count). The second-order valence-corrected chi connectivity index (χ2v) is 7.85. The summed E-state index contributed by atoms with van der Waals surface area (Å²) < 4.78 is 31.7. The number of carbonyl (C=O) groups excluding carboxylic acids is 1. The predicted octanol–water partition coefficient (Wildman–Crippen LogP) is 0.486. The molecule has 0 aromatic carbocycles. The molecule has 0 saturated carbocycles. The van der Waals surface area contributed by atoms with Gasteiger partial charge in [0.05, 0.1) is 17.5 Å². The van der Waals surface area contributed by atoms with Gasteiger partial charge in [0.25, 0.3) is 0 Å². The zero-order valence-electron chi connectivity index (χ0n) is 12.2. The van der Waals surface area contributed by atoms with E-state index in [2.05, 4.69) is 4.72 Å². The first kappa shape index (κ1) is 15.7. The number of hydrogen-bond acceptors (Lipinski definition) is 4. The third-order valence-corrected chi connectivity index (χ3v) is 5.61. The van der Waals surface area contributed by atoms with Crippen LogP contribution in [0, 0.1) is 0 Å². The molecule has 20 heavy (non-hydrogen) atoms. The van der Waals surface area contributed by atoms with Crippen molar-refractivity contribution in [1.82, 2.24) is 9.62 Å². The minimum absolute atomic E-state index is 0.0827. The van der Waals surface area contributed by atoms with Crippen molar-refractivity contribution in [3.8, 4) is 0 Å². The van der Waals surface area contributed by atoms with Crippen LogP contribution in [-0.2, 0) is 19.6 Å². The first-order valence-corrected chi connectivity index (χ1v) is 8.92. The Morgan fingerprint density at radius 2 is 2.20 bits per heavy atom. The van der Waals surface area contributed by atoms with Gasteiger partial charge in [0.2, 0.25) is 15.9 Å². The van der Waals surface area contributed by atoms with Crippen LogP contribution in [0.4, 0.5) is 0 Å². The minimum atomic E-state index is -3.17. The Morgan fingerprint density at radius 1 is 1.45 bits per heavy atom. The third kappa shape index (κ3) is 3.71. The number of nitrogens with zero attached hydrogens (tertiary/aromatic N) is 1. The van der Waals surface area contributed by atoms with E-state index >= 15 is 0 Å². The highest BCUT2D eigenvalue weighted by Crippen LogP contribution is 2.36. The van der Waals surface area contributed by atoms with Crippen LogP contribution in [-0.4, -0.2) is 56.3 Å². The molecule has 1 amide bonds. The van der Waals surface area contributed by atoms with Gasteiger partial charge in [-0.3, -0.25) is 4.79 Å². The standard InChI is InChI=1S/C13H24N2O4S/c1-3-20(17,18)14-9-12-5-4-6-13(19-12)7-8-15(10-13)11(2)16/h12,14H,3-10H2,1-2H3/t12-,13-/m0/s1. The Morgan fingerprint density at radius 3 is 2.80 bits per heavy atom. The molecule has 0 aliphatic carbocycles. The van der Waals surface area contributed by atoms with E-state index in [1.807, 2.05) is 4.90 Å². The molecule has 2 heterocycles. The Balaban J connectivity index is 1.91. The monoisotopic (exact) mass is 304 g/mol. The molecule has 2 saturated heterocycles. The van der Waals surface area contributed by atoms with Crippen LogP contribution in [0.15, 0.2) is 0 Å². The molecule has 1 spiro atoms. The predicted molar refractivity (Wildman–Crippen MR) is 75.8 cm³/mol. The fourth-order valence-corrected chi connectivity index (χ4v) is 3.65. The number of ether oxygens (including phenoxy) is 1. The van der Waals surface area contributed by atoms with Gasteiger partial charge in [0, 0.05) is 26.6 Å². The molecule has 2 atom stereocenters. The number of sulfonamides is 1. The molecule has 2 aliphatic heterocycles. The van der Waals surface area contributed by atoms with Gasteiger partial charge in [-0.05, 0) is 32.6 Å². The van der Waals surface area contributed by atoms with Crippen molar-refractivity contribution in [3.63, 3.8) is 0 Å². The fraction of sp³-hybridized carbons (Fsp3) is 0.923. The average molecular weight is 304 g/mol. The lowest BCUT2D eigenvalue weighted by Gasteiger charge is -2.38. The maximum atomic E-state index is 11.5. The van der Waals surface area contributed by atoms with Crippen molar-refractivity contribution in [2.75, 3.05) is 25.4 Å². The molecule has 0 aromatic heterocycles. The van der Waals surface area contributed by atoms with E-state index in [1.165, 1.54) is 0 Å². The van der Waals surface area contributed by atoms with Crippen LogP contribution >= 0.6 is 0 Å². The molecular formula is C13H24N2O4S. The molecule has 2 fully saturated rings. The van der Waals surface area contributed by atoms with E-state index in [0.29, 0.717) is 13.1 Å². The van der Waals surface area contributed by atoms with Gasteiger partial charge >= 0.3 is 0 Å². The summed E-state index contributed by atoms with van der Waals surface area (Å²) in [6.07, 6.45) is 3.60. The number of nitrogens with one attached hydrogen (secondary N) is 1. The van der Waals surface area contributed by atoms with Crippen molar-refractivity contribution >= 4 is 15.9 Å². The van der Waals surface area contributed by atoms with E-state index in [9.17, 15) is 13.2 Å². The third-order valence-electron chi connectivity index (χ3n) is 4.25. The van der Waals surface area contributed by atoms with Crippen LogP contribution in [0.3, 0.4) is 0 Å². The minimum Gasteiger partial charge on any atom is -0.368 e. The molecule has 116 valence electrons. The van der Waals surface area contributed by atoms with Gasteiger partial charge in [-0.15, -0.1) is 0 Å². The second kappa shape index (κ2) is 5.99. The summed E-state index contributed by atoms with van der Waals surface area (Å²) in [6.45, 7) is 4.90. The van der Waals surface area contributed by atoms with Crippen molar-refractivity contribution in [2.24, 2.45) is 0 Å². The van der Waals surface area contributed by atoms with Gasteiger partial charge in [-0.1, -0.05) is 0 Å². The topological polar surface area (TPSA) is 75.7 Å². The van der Waals surface area contributed by atoms with Crippen LogP contribution in [0.25, 0.3) is 0 Å². The highest BCUT2D eigenvalue weighted by Gasteiger charge is 2.43. The lowest BCUT2D eigenvalue weighted by atomic mass is 9.90. The van der Waals surface area contributed by atoms with Crippen molar-refractivity contribution in [1.29, 1.82) is 0 Å². The molecule has 1 N–H and O–H groups in total. The molecule has 2 aliphatic rings. The van der Waals surface area contributed by atoms with Gasteiger partial charge in [-0.2, -0.15) is 0 Å². The van der Waals surface area contributed by atoms with Gasteiger partial charge in [0.1, 0.15) is 0 Å². The molecule has 7 heteroatoms. The number of hydrogen-bond donors (Lipinski definition) is 1. The molecule has 0 aromatic rings. The van der Waals surface area contributed by atoms with Gasteiger partial charge in [-0.25, -0.2) is 13.1 Å². The van der Waals surface area contributed by atoms with E-state index in [0.717, 1.165) is 32.2 Å². The van der Waals surface area contributed by atoms with E-state index in [4.69, 9.17) is 4.74 Å². The summed E-state index contributed by atoms with van der Waals surface area (Å²) in [4.78, 5) is 13.2. The van der Waals surface area contributed by atoms with Crippen molar-refractivity contribution in [2.45, 2.75) is 51.2 Å². The van der Waals surface area contributed by atoms with E-state index in [1.54, 1.807) is 13.8 Å². The average Bonchev–Trinajstić information content (AvgIpc) is 2.81. The summed E-state index contributed by atoms with van der Waals surface area (Å²) in [5.41, 5.74) is -0.258. The van der Waals surface area contributed by atoms with E-state index in [-0.39, 0.29) is 23.4 Å². The number of carbonyl (C=O) groups is 1. The lowest BCUT2D eigenvalue weighted by Crippen LogP contribution is -2.47. The van der Waals surface area contributed by atoms with Crippen molar-refractivity contribution < 1.29 is 17.9 Å². The Labute approximate surface area is 120 Å². The smallest absolute Gasteiger partial charge is 0.219 e. The molecule has 0 radical (unpaired) electrons. The molecule has 6 nitrogen and oxygen atoms in total. The second-order valence-electron chi connectivity index (χ2n) is 5.76. The highest BCUT2D eigenvalue weighted by atomic mass is 32.2. The highest BCUT2D eigenvalue weighted by molar-refractivity contribution is 7.89. The van der Waals surface area contributed by atoms with Gasteiger partial charge in [0.15, 0.2) is 0 Å². The maximum Gasteiger partial charge on any atom is 0.219 e. The molecule has 0 bridgehead atoms. The summed E-state index contributed by atoms with van der Waals surface area (Å²) in [7, 11) is -3.17. The number of rotatable bonds is 4. The summed E-state index contributed by atoms with van der Waals surface area (Å²) in [5, 5.41) is 0. The first-order valence-electron chi connectivity index (χ1n) is 7.26. The number of likely N-dealkylation sites (tertiary alicyclic amines) is 1. The Kier molecular flexibility index (Phi) is 4.71. The zero-order valence-corrected chi connectivity index (χ0v) is 13.0. The van der Waals surface area contributed by atoms with E-state index < -0.39 is 10.0 Å². The Bertz CT molecular complexity index is 465. The SMILES string of the molecule is CCS(=O)(=O)NC[C@@H]1CCC[C@@]2(CCN(C(C)=O)C2)O1. The lowest BCUT2D eigenvalue weighted by molar-refractivity contribution is -0.135. The zero-order chi connectivity index (χ0) is 14.8. The maximum absolute atomic E-state index is 11.5. The summed E-state index contributed by atoms with van der Waals surface area (Å²) >= 11 is 0. The molecule has 0 unspecified atom stereocenters. The van der Waals surface area contributed by atoms with Crippen LogP contribution in [0.5, 0.6) is 0 Å². The first-order chi connectivity index (χ1) is 9.36.